The zero-order valence-corrected chi connectivity index (χ0v) is 37.0. The van der Waals surface area contributed by atoms with Crippen LogP contribution >= 0.6 is 11.3 Å². The molecule has 13 heteroatoms. The molecule has 324 valence electrons. The summed E-state index contributed by atoms with van der Waals surface area (Å²) in [7, 11) is 1.58. The number of carboxylic acid groups (broad SMARTS) is 1. The summed E-state index contributed by atoms with van der Waals surface area (Å²) in [4.78, 5) is 78.7. The molecule has 0 unspecified atom stereocenters. The quantitative estimate of drug-likeness (QED) is 0.0984. The Hall–Kier alpha value is -4.65. The summed E-state index contributed by atoms with van der Waals surface area (Å²) in [6.07, 6.45) is 6.54. The molecule has 60 heavy (non-hydrogen) atoms. The number of nitrogens with zero attached hydrogens (tertiary/aromatic N) is 2. The Morgan fingerprint density at radius 2 is 1.72 bits per heavy atom. The molecule has 3 aliphatic rings. The number of carbonyl (C=O) groups is 5. The average Bonchev–Trinajstić information content (AvgIpc) is 3.48. The average molecular weight is 843 g/mol. The van der Waals surface area contributed by atoms with Gasteiger partial charge in [-0.1, -0.05) is 53.0 Å². The molecule has 1 aromatic carbocycles. The topological polar surface area (TPSA) is 174 Å². The molecule has 0 spiro atoms. The fourth-order valence-electron chi connectivity index (χ4n) is 9.37. The first-order valence-corrected chi connectivity index (χ1v) is 22.5. The zero-order valence-electron chi connectivity index (χ0n) is 36.2. The minimum absolute atomic E-state index is 0.00590. The maximum atomic E-state index is 14.7. The number of methoxy groups -OCH3 is 1. The molecule has 1 amide bonds. The second-order valence-corrected chi connectivity index (χ2v) is 19.5. The fraction of sp³-hybridized carbons (Fsp3) is 0.596. The number of aliphatic carboxylic acids is 1. The molecular weight excluding hydrogens is 781 g/mol. The van der Waals surface area contributed by atoms with Gasteiger partial charge in [-0.3, -0.25) is 24.0 Å². The van der Waals surface area contributed by atoms with Gasteiger partial charge in [0.05, 0.1) is 29.8 Å². The molecular formula is C47H62N4O8S. The number of aromatic nitrogens is 2. The van der Waals surface area contributed by atoms with Gasteiger partial charge in [-0.05, 0) is 75.3 Å². The molecule has 0 aliphatic heterocycles. The predicted octanol–water partition coefficient (Wildman–Crippen LogP) is 8.86. The lowest BCUT2D eigenvalue weighted by Crippen LogP contribution is -2.50. The normalized spacial score (nSPS) is 24.1. The van der Waals surface area contributed by atoms with Crippen molar-refractivity contribution in [3.05, 3.63) is 42.3 Å². The van der Waals surface area contributed by atoms with Gasteiger partial charge in [0.1, 0.15) is 34.9 Å². The highest BCUT2D eigenvalue weighted by molar-refractivity contribution is 7.14. The molecule has 2 heterocycles. The molecule has 0 bridgehead atoms. The minimum Gasteiger partial charge on any atom is -0.497 e. The summed E-state index contributed by atoms with van der Waals surface area (Å²) in [5.41, 5.74) is -0.0383. The van der Waals surface area contributed by atoms with E-state index in [1.807, 2.05) is 71.2 Å². The van der Waals surface area contributed by atoms with E-state index in [0.29, 0.717) is 46.6 Å². The number of hydrogen-bond acceptors (Lipinski definition) is 11. The molecule has 7 atom stereocenters. The first kappa shape index (κ1) is 44.9. The van der Waals surface area contributed by atoms with E-state index >= 15 is 0 Å². The maximum Gasteiger partial charge on any atom is 0.310 e. The smallest absolute Gasteiger partial charge is 0.310 e. The van der Waals surface area contributed by atoms with Crippen LogP contribution in [0.2, 0.25) is 0 Å². The number of carbonyl (C=O) groups excluding carboxylic acids is 4. The van der Waals surface area contributed by atoms with Crippen LogP contribution in [-0.4, -0.2) is 69.6 Å². The van der Waals surface area contributed by atoms with Gasteiger partial charge < -0.3 is 25.2 Å². The van der Waals surface area contributed by atoms with Crippen LogP contribution in [0.5, 0.6) is 11.5 Å². The van der Waals surface area contributed by atoms with Crippen LogP contribution in [0.25, 0.3) is 22.3 Å². The van der Waals surface area contributed by atoms with Gasteiger partial charge in [-0.25, -0.2) is 9.97 Å². The number of benzene rings is 1. The van der Waals surface area contributed by atoms with Crippen molar-refractivity contribution in [2.24, 2.45) is 40.4 Å². The Kier molecular flexibility index (Phi) is 13.9. The number of Topliss-reactive ketones (excluding diaryl/α,β-unsaturated/α-hetero) is 3. The van der Waals surface area contributed by atoms with Crippen molar-refractivity contribution in [1.82, 2.24) is 15.3 Å². The Morgan fingerprint density at radius 1 is 1.02 bits per heavy atom. The van der Waals surface area contributed by atoms with Gasteiger partial charge in [0.25, 0.3) is 0 Å². The monoisotopic (exact) mass is 842 g/mol. The molecule has 6 rings (SSSR count). The number of carboxylic acids is 1. The second kappa shape index (κ2) is 18.5. The van der Waals surface area contributed by atoms with Crippen molar-refractivity contribution in [2.75, 3.05) is 12.4 Å². The zero-order chi connectivity index (χ0) is 43.5. The highest BCUT2D eigenvalue weighted by Gasteiger charge is 2.61. The lowest BCUT2D eigenvalue weighted by molar-refractivity contribution is -0.147. The summed E-state index contributed by atoms with van der Waals surface area (Å²) in [5.74, 6) is -3.49. The van der Waals surface area contributed by atoms with E-state index in [1.165, 1.54) is 11.3 Å². The molecule has 3 aromatic rings. The van der Waals surface area contributed by atoms with Crippen LogP contribution in [0, 0.1) is 40.4 Å². The van der Waals surface area contributed by atoms with Crippen molar-refractivity contribution in [3.8, 4) is 22.9 Å². The van der Waals surface area contributed by atoms with Crippen molar-refractivity contribution >= 4 is 56.6 Å². The maximum absolute atomic E-state index is 14.7. The summed E-state index contributed by atoms with van der Waals surface area (Å²) < 4.78 is 12.3. The van der Waals surface area contributed by atoms with Crippen LogP contribution in [0.3, 0.4) is 0 Å². The molecule has 0 radical (unpaired) electrons. The van der Waals surface area contributed by atoms with E-state index < -0.39 is 46.7 Å². The van der Waals surface area contributed by atoms with Gasteiger partial charge in [0, 0.05) is 66.0 Å². The third-order valence-corrected chi connectivity index (χ3v) is 13.8. The largest absolute Gasteiger partial charge is 0.497 e. The molecule has 3 aliphatic carbocycles. The number of anilines is 1. The van der Waals surface area contributed by atoms with Crippen molar-refractivity contribution in [2.45, 2.75) is 130 Å². The number of allylic oxidation sites excluding steroid dienone is 1. The number of rotatable bonds is 19. The number of hydrogen-bond donors (Lipinski definition) is 3. The standard InChI is InChI=1S/C47H62N4O8S/c1-9-28-23-47(28,44(56)57)24-40(54)33-19-30(59-41-22-36(37-25-60-45(50-37)48-26(3)4)49-35-20-29(58-8)16-17-31(35)41)18-32(33)39(53)21-34(46(5,6)7)43(55)51-42(38(52)10-2)27-14-12-11-13-15-27/h9,16-17,20,22,25-28,30,32-34,42H,1,10-15,18-19,21,23-24H2,2-8H3,(H,48,50)(H,51,55)(H,56,57)/t28-,30+,32-,33-,34-,42+,47-/m1/s1. The molecule has 3 fully saturated rings. The van der Waals surface area contributed by atoms with Gasteiger partial charge >= 0.3 is 5.97 Å². The molecule has 0 saturated heterocycles. The number of fused-ring (bicyclic) bond motifs is 1. The first-order valence-electron chi connectivity index (χ1n) is 21.6. The highest BCUT2D eigenvalue weighted by Crippen LogP contribution is 2.57. The molecule has 12 nitrogen and oxygen atoms in total. The van der Waals surface area contributed by atoms with Crippen LogP contribution in [0.15, 0.2) is 42.3 Å². The third kappa shape index (κ3) is 9.93. The molecule has 2 aromatic heterocycles. The van der Waals surface area contributed by atoms with Crippen LogP contribution in [0.4, 0.5) is 5.13 Å². The minimum atomic E-state index is -1.24. The Morgan fingerprint density at radius 3 is 2.32 bits per heavy atom. The highest BCUT2D eigenvalue weighted by atomic mass is 32.1. The predicted molar refractivity (Wildman–Crippen MR) is 233 cm³/mol. The first-order chi connectivity index (χ1) is 28.5. The van der Waals surface area contributed by atoms with Gasteiger partial charge in [0.15, 0.2) is 10.9 Å². The molecule has 3 N–H and O–H groups in total. The third-order valence-electron chi connectivity index (χ3n) is 13.0. The number of amides is 1. The molecule has 3 saturated carbocycles. The summed E-state index contributed by atoms with van der Waals surface area (Å²) >= 11 is 1.47. The lowest BCUT2D eigenvalue weighted by Gasteiger charge is -2.35. The van der Waals surface area contributed by atoms with E-state index in [0.717, 1.165) is 37.2 Å². The Balaban J connectivity index is 1.31. The van der Waals surface area contributed by atoms with Crippen molar-refractivity contribution in [1.29, 1.82) is 0 Å². The number of ether oxygens (including phenoxy) is 2. The number of thiazole rings is 1. The second-order valence-electron chi connectivity index (χ2n) is 18.6. The van der Waals surface area contributed by atoms with Crippen molar-refractivity contribution < 1.29 is 38.6 Å². The van der Waals surface area contributed by atoms with E-state index in [9.17, 15) is 29.1 Å². The number of ketones is 3. The SMILES string of the molecule is C=C[C@@H]1C[C@]1(CC(=O)[C@@H]1C[C@@H](Oc2cc(-c3csc(NC(C)C)n3)nc3cc(OC)ccc23)C[C@H]1C(=O)C[C@H](C(=O)N[C@H](C(=O)CC)C1CCCCC1)C(C)(C)C)C(=O)O. The van der Waals surface area contributed by atoms with Gasteiger partial charge in [-0.15, -0.1) is 17.9 Å². The number of nitrogens with one attached hydrogen (secondary N) is 2. The van der Waals surface area contributed by atoms with Crippen LogP contribution in [-0.2, 0) is 24.0 Å². The van der Waals surface area contributed by atoms with Gasteiger partial charge in [0.2, 0.25) is 5.91 Å². The van der Waals surface area contributed by atoms with Crippen LogP contribution in [0.1, 0.15) is 112 Å². The summed E-state index contributed by atoms with van der Waals surface area (Å²) in [6, 6.07) is 6.91. The van der Waals surface area contributed by atoms with Crippen molar-refractivity contribution in [3.63, 3.8) is 0 Å². The Labute approximate surface area is 357 Å². The fourth-order valence-corrected chi connectivity index (χ4v) is 10.2. The van der Waals surface area contributed by atoms with E-state index in [-0.39, 0.29) is 66.8 Å². The van der Waals surface area contributed by atoms with E-state index in [2.05, 4.69) is 17.2 Å². The van der Waals surface area contributed by atoms with Gasteiger partial charge in [-0.2, -0.15) is 0 Å². The van der Waals surface area contributed by atoms with Crippen LogP contribution < -0.4 is 20.1 Å². The van der Waals surface area contributed by atoms with E-state index in [4.69, 9.17) is 19.4 Å². The summed E-state index contributed by atoms with van der Waals surface area (Å²) in [6.45, 7) is 15.4. The van der Waals surface area contributed by atoms with E-state index in [1.54, 1.807) is 13.2 Å². The lowest BCUT2D eigenvalue weighted by atomic mass is 9.73. The Bertz CT molecular complexity index is 2100. The number of pyridine rings is 1. The summed E-state index contributed by atoms with van der Waals surface area (Å²) in [5, 5.41) is 20.1.